The minimum atomic E-state index is -4.46. The predicted molar refractivity (Wildman–Crippen MR) is 119 cm³/mol. The van der Waals surface area contributed by atoms with Crippen LogP contribution in [-0.2, 0) is 6.18 Å². The number of halogens is 4. The molecule has 0 aliphatic carbocycles. The van der Waals surface area contributed by atoms with Crippen LogP contribution in [0.3, 0.4) is 0 Å². The zero-order valence-corrected chi connectivity index (χ0v) is 21.4. The van der Waals surface area contributed by atoms with Crippen molar-refractivity contribution < 1.29 is 13.2 Å². The summed E-state index contributed by atoms with van der Waals surface area (Å²) in [6, 6.07) is 6.15. The van der Waals surface area contributed by atoms with Gasteiger partial charge in [0.2, 0.25) is 0 Å². The van der Waals surface area contributed by atoms with E-state index in [1.54, 1.807) is 0 Å². The molecule has 1 aromatic heterocycles. The molecule has 2 heterocycles. The summed E-state index contributed by atoms with van der Waals surface area (Å²) in [6.07, 6.45) is -2.50. The van der Waals surface area contributed by atoms with Crippen molar-refractivity contribution in [2.24, 2.45) is 0 Å². The average Bonchev–Trinajstić information content (AvgIpc) is 3.12. The van der Waals surface area contributed by atoms with Gasteiger partial charge < -0.3 is 0 Å². The first-order valence-corrected chi connectivity index (χ1v) is 20.2. The Morgan fingerprint density at radius 3 is 2.47 bits per heavy atom. The summed E-state index contributed by atoms with van der Waals surface area (Å²) in [5, 5.41) is 3.47. The predicted octanol–water partition coefficient (Wildman–Crippen LogP) is 4.58. The fraction of sp³-hybridized carbons (Fsp3) is 0.500. The second-order valence-corrected chi connectivity index (χ2v) is 23.4. The van der Waals surface area contributed by atoms with E-state index in [4.69, 9.17) is 11.6 Å². The maximum atomic E-state index is 13.4. The van der Waals surface area contributed by atoms with Gasteiger partial charge in [-0.2, -0.15) is 0 Å². The Bertz CT molecular complexity index is 914. The number of aromatic nitrogens is 2. The van der Waals surface area contributed by atoms with E-state index in [9.17, 15) is 13.2 Å². The van der Waals surface area contributed by atoms with Gasteiger partial charge in [-0.15, -0.1) is 0 Å². The summed E-state index contributed by atoms with van der Waals surface area (Å²) in [5.74, 6) is 0.133. The van der Waals surface area contributed by atoms with Crippen LogP contribution in [0.1, 0.15) is 12.0 Å². The van der Waals surface area contributed by atoms with Crippen LogP contribution >= 0.6 is 11.6 Å². The zero-order valence-electron chi connectivity index (χ0n) is 17.8. The molecule has 164 valence electrons. The number of benzene rings is 1. The molecule has 0 saturated carbocycles. The van der Waals surface area contributed by atoms with E-state index < -0.39 is 30.1 Å². The van der Waals surface area contributed by atoms with Crippen LogP contribution in [0.5, 0.6) is 0 Å². The SMILES string of the molecule is CN(C)C1CCN(c2ccc(Nc3ncc(C(F)(F)F)[c]([Sn]([CH3])([CH3])[CH3])n3)c(Cl)c2)C1. The number of alkyl halides is 3. The van der Waals surface area contributed by atoms with Gasteiger partial charge in [-0.05, 0) is 14.1 Å². The molecule has 0 radical (unpaired) electrons. The third kappa shape index (κ3) is 5.31. The zero-order chi connectivity index (χ0) is 22.3. The third-order valence-electron chi connectivity index (χ3n) is 5.26. The van der Waals surface area contributed by atoms with Crippen molar-refractivity contribution in [2.75, 3.05) is 37.4 Å². The Balaban J connectivity index is 1.83. The number of nitrogens with zero attached hydrogens (tertiary/aromatic N) is 4. The molecule has 1 aliphatic rings. The standard InChI is InChI=1S/C17H18ClF3N5.3CH3.Sn/c1-25(2)13-5-6-26(10-13)12-3-4-15(14(18)7-12)24-16-22-8-11(9-23-16)17(19,20)21;;;;/h3-4,7-8,13H,5-6,10H2,1-2H3,(H,22,23,24);3*1H3;. The van der Waals surface area contributed by atoms with E-state index in [0.29, 0.717) is 16.8 Å². The molecule has 0 amide bonds. The molecule has 5 nitrogen and oxygen atoms in total. The Labute approximate surface area is 184 Å². The number of likely N-dealkylation sites (N-methyl/N-ethyl adjacent to an activating group) is 1. The van der Waals surface area contributed by atoms with E-state index in [1.165, 1.54) is 0 Å². The van der Waals surface area contributed by atoms with Crippen molar-refractivity contribution >= 4 is 51.0 Å². The van der Waals surface area contributed by atoms with Gasteiger partial charge in [0.15, 0.2) is 0 Å². The van der Waals surface area contributed by atoms with Gasteiger partial charge in [-0.25, -0.2) is 0 Å². The molecule has 0 spiro atoms. The van der Waals surface area contributed by atoms with Crippen molar-refractivity contribution in [3.8, 4) is 0 Å². The molecule has 1 saturated heterocycles. The van der Waals surface area contributed by atoms with Crippen LogP contribution in [0.2, 0.25) is 19.8 Å². The molecule has 1 N–H and O–H groups in total. The molecule has 1 atom stereocenters. The van der Waals surface area contributed by atoms with Crippen molar-refractivity contribution in [1.29, 1.82) is 0 Å². The number of rotatable bonds is 5. The summed E-state index contributed by atoms with van der Waals surface area (Å²) in [4.78, 5) is 18.3. The van der Waals surface area contributed by atoms with Crippen molar-refractivity contribution in [3.05, 3.63) is 35.0 Å². The Kier molecular flexibility index (Phi) is 6.79. The number of nitrogens with one attached hydrogen (secondary N) is 1. The second-order valence-electron chi connectivity index (χ2n) is 8.84. The molecule has 2 aromatic rings. The molecule has 10 heteroatoms. The van der Waals surface area contributed by atoms with Gasteiger partial charge in [-0.1, -0.05) is 0 Å². The van der Waals surface area contributed by atoms with Crippen molar-refractivity contribution in [2.45, 2.75) is 33.5 Å². The summed E-state index contributed by atoms with van der Waals surface area (Å²) in [6.45, 7) is 1.88. The maximum absolute atomic E-state index is 13.4. The van der Waals surface area contributed by atoms with Gasteiger partial charge in [0, 0.05) is 0 Å². The van der Waals surface area contributed by atoms with Crippen LogP contribution in [0, 0.1) is 0 Å². The average molecular weight is 549 g/mol. The first-order valence-electron chi connectivity index (χ1n) is 9.79. The van der Waals surface area contributed by atoms with Gasteiger partial charge in [-0.3, -0.25) is 0 Å². The first kappa shape index (κ1) is 23.4. The van der Waals surface area contributed by atoms with Crippen LogP contribution in [0.25, 0.3) is 0 Å². The summed E-state index contributed by atoms with van der Waals surface area (Å²) in [5.41, 5.74) is 0.857. The van der Waals surface area contributed by atoms with E-state index in [-0.39, 0.29) is 9.66 Å². The van der Waals surface area contributed by atoms with E-state index in [0.717, 1.165) is 31.4 Å². The monoisotopic (exact) mass is 549 g/mol. The fourth-order valence-corrected chi connectivity index (χ4v) is 7.92. The normalized spacial score (nSPS) is 17.7. The second kappa shape index (κ2) is 8.70. The van der Waals surface area contributed by atoms with Crippen LogP contribution in [-0.4, -0.2) is 66.5 Å². The van der Waals surface area contributed by atoms with Gasteiger partial charge in [0.05, 0.1) is 0 Å². The van der Waals surface area contributed by atoms with Crippen LogP contribution in [0.15, 0.2) is 24.4 Å². The molecule has 3 rings (SSSR count). The topological polar surface area (TPSA) is 44.3 Å². The number of hydrogen-bond donors (Lipinski definition) is 1. The number of hydrogen-bond acceptors (Lipinski definition) is 5. The quantitative estimate of drug-likeness (QED) is 0.555. The number of anilines is 3. The van der Waals surface area contributed by atoms with E-state index in [2.05, 4.69) is 39.2 Å². The van der Waals surface area contributed by atoms with E-state index in [1.807, 2.05) is 33.0 Å². The molecule has 1 aliphatic heterocycles. The molecule has 1 unspecified atom stereocenters. The van der Waals surface area contributed by atoms with Gasteiger partial charge >= 0.3 is 171 Å². The fourth-order valence-electron chi connectivity index (χ4n) is 3.54. The first-order chi connectivity index (χ1) is 13.9. The molecule has 1 aromatic carbocycles. The van der Waals surface area contributed by atoms with Crippen molar-refractivity contribution in [3.63, 3.8) is 0 Å². The van der Waals surface area contributed by atoms with Crippen LogP contribution in [0.4, 0.5) is 30.5 Å². The van der Waals surface area contributed by atoms with Gasteiger partial charge in [0.25, 0.3) is 0 Å². The van der Waals surface area contributed by atoms with Crippen molar-refractivity contribution in [1.82, 2.24) is 14.9 Å². The Morgan fingerprint density at radius 2 is 1.93 bits per heavy atom. The summed E-state index contributed by atoms with van der Waals surface area (Å²) in [7, 11) is 4.16. The molecule has 0 bridgehead atoms. The van der Waals surface area contributed by atoms with Gasteiger partial charge in [0.1, 0.15) is 0 Å². The molecule has 1 fully saturated rings. The summed E-state index contributed by atoms with van der Waals surface area (Å²) < 4.78 is 40.3. The molecular formula is C20H27ClF3N5Sn. The summed E-state index contributed by atoms with van der Waals surface area (Å²) >= 11 is 3.33. The Morgan fingerprint density at radius 1 is 1.23 bits per heavy atom. The Hall–Kier alpha value is -1.26. The minimum absolute atomic E-state index is 0.133. The van der Waals surface area contributed by atoms with Crippen LogP contribution < -0.4 is 13.9 Å². The molecular weight excluding hydrogens is 521 g/mol. The van der Waals surface area contributed by atoms with E-state index >= 15 is 0 Å². The third-order valence-corrected chi connectivity index (χ3v) is 10.7. The molecule has 30 heavy (non-hydrogen) atoms.